The van der Waals surface area contributed by atoms with Crippen LogP contribution in [0, 0.1) is 24.0 Å². The van der Waals surface area contributed by atoms with Gasteiger partial charge in [-0.15, -0.1) is 0 Å². The van der Waals surface area contributed by atoms with Crippen molar-refractivity contribution in [3.05, 3.63) is 68.8 Å². The Labute approximate surface area is 141 Å². The van der Waals surface area contributed by atoms with Crippen LogP contribution >= 0.6 is 0 Å². The summed E-state index contributed by atoms with van der Waals surface area (Å²) in [6.07, 6.45) is 1.59. The number of carbonyl (C=O) groups is 1. The Kier molecular flexibility index (Phi) is 4.09. The van der Waals surface area contributed by atoms with Crippen molar-refractivity contribution in [1.82, 2.24) is 0 Å². The summed E-state index contributed by atoms with van der Waals surface area (Å²) in [5, 5.41) is 11.4. The Bertz CT molecular complexity index is 829. The number of hydrogen-bond donors (Lipinski definition) is 0. The first-order chi connectivity index (χ1) is 11.4. The van der Waals surface area contributed by atoms with Crippen molar-refractivity contribution in [3.63, 3.8) is 0 Å². The Morgan fingerprint density at radius 3 is 2.58 bits per heavy atom. The van der Waals surface area contributed by atoms with E-state index in [0.29, 0.717) is 0 Å². The summed E-state index contributed by atoms with van der Waals surface area (Å²) in [5.74, 6) is -0.290. The molecule has 0 spiro atoms. The molecule has 3 rings (SSSR count). The van der Waals surface area contributed by atoms with Gasteiger partial charge in [-0.2, -0.15) is 0 Å². The van der Waals surface area contributed by atoms with Gasteiger partial charge in [0.25, 0.3) is 11.6 Å². The van der Waals surface area contributed by atoms with Crippen molar-refractivity contribution in [2.24, 2.45) is 0 Å². The predicted molar refractivity (Wildman–Crippen MR) is 93.6 cm³/mol. The highest BCUT2D eigenvalue weighted by atomic mass is 16.6. The molecule has 2 aromatic carbocycles. The van der Waals surface area contributed by atoms with Gasteiger partial charge in [0.1, 0.15) is 5.56 Å². The fraction of sp³-hybridized carbons (Fsp3) is 0.316. The van der Waals surface area contributed by atoms with Crippen LogP contribution in [0.5, 0.6) is 0 Å². The number of aryl methyl sites for hydroxylation is 2. The molecule has 0 N–H and O–H groups in total. The minimum Gasteiger partial charge on any atom is -0.304 e. The number of rotatable bonds is 3. The minimum absolute atomic E-state index is 0.0381. The number of amides is 1. The molecule has 124 valence electrons. The number of anilines is 1. The molecule has 0 aromatic heterocycles. The van der Waals surface area contributed by atoms with E-state index >= 15 is 0 Å². The van der Waals surface area contributed by atoms with E-state index in [1.54, 1.807) is 11.0 Å². The number of nitrogens with zero attached hydrogens (tertiary/aromatic N) is 2. The van der Waals surface area contributed by atoms with Crippen LogP contribution in [-0.4, -0.2) is 16.9 Å². The van der Waals surface area contributed by atoms with E-state index in [2.05, 4.69) is 0 Å². The largest absolute Gasteiger partial charge is 0.304 e. The summed E-state index contributed by atoms with van der Waals surface area (Å²) in [7, 11) is 0. The maximum absolute atomic E-state index is 13.2. The van der Waals surface area contributed by atoms with Gasteiger partial charge in [-0.05, 0) is 55.5 Å². The lowest BCUT2D eigenvalue weighted by Crippen LogP contribution is -2.37. The van der Waals surface area contributed by atoms with Gasteiger partial charge in [-0.1, -0.05) is 25.1 Å². The van der Waals surface area contributed by atoms with Crippen LogP contribution < -0.4 is 4.90 Å². The van der Waals surface area contributed by atoms with Gasteiger partial charge in [0, 0.05) is 17.8 Å². The molecule has 5 heteroatoms. The first kappa shape index (κ1) is 16.2. The summed E-state index contributed by atoms with van der Waals surface area (Å²) in [6, 6.07) is 10.9. The number of nitro benzene ring substituents is 1. The zero-order valence-corrected chi connectivity index (χ0v) is 14.1. The third-order valence-corrected chi connectivity index (χ3v) is 4.80. The molecule has 0 saturated carbocycles. The van der Waals surface area contributed by atoms with E-state index in [4.69, 9.17) is 0 Å². The van der Waals surface area contributed by atoms with Crippen LogP contribution in [0.15, 0.2) is 36.4 Å². The molecule has 24 heavy (non-hydrogen) atoms. The molecule has 0 radical (unpaired) electrons. The molecule has 0 aliphatic carbocycles. The first-order valence-electron chi connectivity index (χ1n) is 8.11. The first-order valence-corrected chi connectivity index (χ1v) is 8.11. The van der Waals surface area contributed by atoms with Crippen LogP contribution in [0.25, 0.3) is 0 Å². The van der Waals surface area contributed by atoms with Crippen LogP contribution in [0.2, 0.25) is 0 Å². The summed E-state index contributed by atoms with van der Waals surface area (Å²) in [6.45, 7) is 5.72. The second-order valence-corrected chi connectivity index (χ2v) is 6.28. The second-order valence-electron chi connectivity index (χ2n) is 6.28. The van der Waals surface area contributed by atoms with Gasteiger partial charge >= 0.3 is 0 Å². The molecule has 1 heterocycles. The quantitative estimate of drug-likeness (QED) is 0.628. The molecule has 1 aliphatic rings. The zero-order valence-electron chi connectivity index (χ0n) is 14.1. The van der Waals surface area contributed by atoms with Crippen LogP contribution in [0.1, 0.15) is 40.4 Å². The van der Waals surface area contributed by atoms with Gasteiger partial charge in [0.2, 0.25) is 0 Å². The molecule has 1 amide bonds. The minimum atomic E-state index is -0.470. The maximum Gasteiger partial charge on any atom is 0.282 e. The van der Waals surface area contributed by atoms with Crippen molar-refractivity contribution in [1.29, 1.82) is 0 Å². The maximum atomic E-state index is 13.2. The Morgan fingerprint density at radius 1 is 1.25 bits per heavy atom. The molecule has 1 atom stereocenters. The Hall–Kier alpha value is -2.69. The van der Waals surface area contributed by atoms with Crippen molar-refractivity contribution in [2.75, 3.05) is 4.90 Å². The average Bonchev–Trinajstić information content (AvgIpc) is 2.94. The number of benzene rings is 2. The standard InChI is InChI=1S/C19H20N2O3/c1-4-15-11-14-7-5-6-8-17(14)20(15)19(22)16-9-12(2)13(3)10-18(16)21(23)24/h5-10,15H,4,11H2,1-3H3/t15-/m1/s1. The Balaban J connectivity index is 2.12. The van der Waals surface area contributed by atoms with Crippen LogP contribution in [-0.2, 0) is 6.42 Å². The zero-order chi connectivity index (χ0) is 17.4. The number of carbonyl (C=O) groups excluding carboxylic acids is 1. The summed E-state index contributed by atoms with van der Waals surface area (Å²) >= 11 is 0. The van der Waals surface area contributed by atoms with Gasteiger partial charge in [0.05, 0.1) is 4.92 Å². The topological polar surface area (TPSA) is 63.5 Å². The summed E-state index contributed by atoms with van der Waals surface area (Å²) in [5.41, 5.74) is 3.71. The summed E-state index contributed by atoms with van der Waals surface area (Å²) in [4.78, 5) is 25.9. The molecule has 0 bridgehead atoms. The highest BCUT2D eigenvalue weighted by molar-refractivity contribution is 6.10. The van der Waals surface area contributed by atoms with Gasteiger partial charge < -0.3 is 4.90 Å². The van der Waals surface area contributed by atoms with Crippen molar-refractivity contribution >= 4 is 17.3 Å². The highest BCUT2D eigenvalue weighted by Gasteiger charge is 2.35. The SMILES string of the molecule is CC[C@@H]1Cc2ccccc2N1C(=O)c1cc(C)c(C)cc1[N+](=O)[O-]. The van der Waals surface area contributed by atoms with E-state index < -0.39 is 4.92 Å². The van der Waals surface area contributed by atoms with Crippen LogP contribution in [0.3, 0.4) is 0 Å². The predicted octanol–water partition coefficient (Wildman–Crippen LogP) is 4.19. The average molecular weight is 324 g/mol. The van der Waals surface area contributed by atoms with E-state index in [0.717, 1.165) is 35.2 Å². The summed E-state index contributed by atoms with van der Waals surface area (Å²) < 4.78 is 0. The molecule has 0 unspecified atom stereocenters. The van der Waals surface area contributed by atoms with Gasteiger partial charge in [0.15, 0.2) is 0 Å². The molecule has 2 aromatic rings. The molecule has 0 fully saturated rings. The fourth-order valence-electron chi connectivity index (χ4n) is 3.32. The van der Waals surface area contributed by atoms with Gasteiger partial charge in [-0.25, -0.2) is 0 Å². The van der Waals surface area contributed by atoms with E-state index in [1.807, 2.05) is 45.0 Å². The third kappa shape index (κ3) is 2.56. The number of para-hydroxylation sites is 1. The monoisotopic (exact) mass is 324 g/mol. The second kappa shape index (κ2) is 6.07. The normalized spacial score (nSPS) is 16.1. The molecule has 1 aliphatic heterocycles. The lowest BCUT2D eigenvalue weighted by molar-refractivity contribution is -0.385. The van der Waals surface area contributed by atoms with Crippen molar-refractivity contribution in [2.45, 2.75) is 39.7 Å². The highest BCUT2D eigenvalue weighted by Crippen LogP contribution is 2.36. The fourth-order valence-corrected chi connectivity index (χ4v) is 3.32. The molecular formula is C19H20N2O3. The third-order valence-electron chi connectivity index (χ3n) is 4.80. The molecule has 0 saturated heterocycles. The van der Waals surface area contributed by atoms with E-state index in [-0.39, 0.29) is 23.2 Å². The number of hydrogen-bond acceptors (Lipinski definition) is 3. The molecular weight excluding hydrogens is 304 g/mol. The van der Waals surface area contributed by atoms with Gasteiger partial charge in [-0.3, -0.25) is 14.9 Å². The molecule has 5 nitrogen and oxygen atoms in total. The number of nitro groups is 1. The lowest BCUT2D eigenvalue weighted by atomic mass is 10.0. The van der Waals surface area contributed by atoms with Crippen LogP contribution in [0.4, 0.5) is 11.4 Å². The number of fused-ring (bicyclic) bond motifs is 1. The van der Waals surface area contributed by atoms with Crippen molar-refractivity contribution in [3.8, 4) is 0 Å². The smallest absolute Gasteiger partial charge is 0.282 e. The lowest BCUT2D eigenvalue weighted by Gasteiger charge is -2.25. The van der Waals surface area contributed by atoms with E-state index in [9.17, 15) is 14.9 Å². The van der Waals surface area contributed by atoms with E-state index in [1.165, 1.54) is 6.07 Å². The van der Waals surface area contributed by atoms with Crippen molar-refractivity contribution < 1.29 is 9.72 Å². The Morgan fingerprint density at radius 2 is 1.92 bits per heavy atom.